The fourth-order valence-electron chi connectivity index (χ4n) is 4.46. The second-order valence-electron chi connectivity index (χ2n) is 10.9. The van der Waals surface area contributed by atoms with Gasteiger partial charge in [-0.05, 0) is 38.0 Å². The number of hydrogen-bond acceptors (Lipinski definition) is 4. The van der Waals surface area contributed by atoms with Gasteiger partial charge in [-0.25, -0.2) is 9.59 Å². The lowest BCUT2D eigenvalue weighted by Crippen LogP contribution is -2.19. The fourth-order valence-corrected chi connectivity index (χ4v) is 4.46. The number of hydrogen-bond donors (Lipinski definition) is 0. The molecule has 0 radical (unpaired) electrons. The summed E-state index contributed by atoms with van der Waals surface area (Å²) in [6, 6.07) is 0. The largest absolute Gasteiger partial charge is 0.462 e. The van der Waals surface area contributed by atoms with Crippen LogP contribution in [0.15, 0.2) is 11.1 Å². The Morgan fingerprint density at radius 1 is 0.500 bits per heavy atom. The summed E-state index contributed by atoms with van der Waals surface area (Å²) < 4.78 is 11.4. The molecule has 0 N–H and O–H groups in total. The standard InChI is InChI=1S/C32H60O4/c1-6-9-12-15-18-21-24-29(31(33)35-25-22-19-16-13-10-7-2)30(27-28(4)5)32(34)36-26-23-20-17-14-11-8-3/h28H,6-27H2,1-5H3. The summed E-state index contributed by atoms with van der Waals surface area (Å²) in [5.74, 6) is -0.341. The van der Waals surface area contributed by atoms with Gasteiger partial charge < -0.3 is 9.47 Å². The third-order valence-electron chi connectivity index (χ3n) is 6.71. The van der Waals surface area contributed by atoms with E-state index in [2.05, 4.69) is 34.6 Å². The van der Waals surface area contributed by atoms with Gasteiger partial charge in [0.1, 0.15) is 0 Å². The van der Waals surface area contributed by atoms with E-state index in [1.807, 2.05) is 0 Å². The SMILES string of the molecule is CCCCCCCCOC(=O)C(CCCCCCCC)=C(CC(C)C)C(=O)OCCCCCCCC. The van der Waals surface area contributed by atoms with E-state index in [0.29, 0.717) is 37.2 Å². The van der Waals surface area contributed by atoms with Crippen molar-refractivity contribution in [2.45, 2.75) is 163 Å². The number of esters is 2. The average molecular weight is 509 g/mol. The normalized spacial score (nSPS) is 12.1. The molecule has 212 valence electrons. The Hall–Kier alpha value is -1.32. The lowest BCUT2D eigenvalue weighted by atomic mass is 9.94. The van der Waals surface area contributed by atoms with Crippen molar-refractivity contribution in [3.63, 3.8) is 0 Å². The lowest BCUT2D eigenvalue weighted by Gasteiger charge is -2.16. The van der Waals surface area contributed by atoms with Gasteiger partial charge in [-0.1, -0.05) is 131 Å². The third kappa shape index (κ3) is 19.8. The van der Waals surface area contributed by atoms with E-state index in [-0.39, 0.29) is 17.9 Å². The molecule has 0 amide bonds. The van der Waals surface area contributed by atoms with Crippen LogP contribution in [0, 0.1) is 5.92 Å². The molecule has 0 aromatic rings. The summed E-state index contributed by atoms with van der Waals surface area (Å²) >= 11 is 0. The Labute approximate surface area is 224 Å². The Balaban J connectivity index is 5.10. The molecular weight excluding hydrogens is 448 g/mol. The zero-order valence-corrected chi connectivity index (χ0v) is 24.8. The van der Waals surface area contributed by atoms with Crippen molar-refractivity contribution < 1.29 is 19.1 Å². The van der Waals surface area contributed by atoms with Gasteiger partial charge in [0.05, 0.1) is 13.2 Å². The molecule has 36 heavy (non-hydrogen) atoms. The summed E-state index contributed by atoms with van der Waals surface area (Å²) in [4.78, 5) is 26.3. The molecule has 4 nitrogen and oxygen atoms in total. The van der Waals surface area contributed by atoms with Crippen LogP contribution in [0.4, 0.5) is 0 Å². The van der Waals surface area contributed by atoms with Crippen LogP contribution in [0.2, 0.25) is 0 Å². The second-order valence-corrected chi connectivity index (χ2v) is 10.9. The Morgan fingerprint density at radius 3 is 1.28 bits per heavy atom. The molecule has 0 aromatic heterocycles. The van der Waals surface area contributed by atoms with E-state index < -0.39 is 0 Å². The minimum atomic E-state index is -0.310. The van der Waals surface area contributed by atoms with E-state index in [1.165, 1.54) is 77.0 Å². The molecule has 0 saturated carbocycles. The summed E-state index contributed by atoms with van der Waals surface area (Å²) in [5.41, 5.74) is 1.12. The third-order valence-corrected chi connectivity index (χ3v) is 6.71. The highest BCUT2D eigenvalue weighted by atomic mass is 16.5. The smallest absolute Gasteiger partial charge is 0.334 e. The maximum atomic E-state index is 13.2. The highest BCUT2D eigenvalue weighted by molar-refractivity contribution is 6.00. The Kier molecular flexibility index (Phi) is 24.4. The van der Waals surface area contributed by atoms with Crippen molar-refractivity contribution in [1.29, 1.82) is 0 Å². The Morgan fingerprint density at radius 2 is 0.861 bits per heavy atom. The minimum Gasteiger partial charge on any atom is -0.462 e. The first-order valence-electron chi connectivity index (χ1n) is 15.5. The van der Waals surface area contributed by atoms with E-state index >= 15 is 0 Å². The van der Waals surface area contributed by atoms with Crippen LogP contribution in [0.25, 0.3) is 0 Å². The van der Waals surface area contributed by atoms with Crippen LogP contribution >= 0.6 is 0 Å². The molecule has 0 saturated heterocycles. The molecule has 0 spiro atoms. The maximum absolute atomic E-state index is 13.2. The van der Waals surface area contributed by atoms with Gasteiger partial charge in [-0.2, -0.15) is 0 Å². The highest BCUT2D eigenvalue weighted by Crippen LogP contribution is 2.24. The summed E-state index contributed by atoms with van der Waals surface area (Å²) in [6.45, 7) is 11.7. The van der Waals surface area contributed by atoms with Crippen LogP contribution in [0.3, 0.4) is 0 Å². The van der Waals surface area contributed by atoms with Crippen molar-refractivity contribution in [3.05, 3.63) is 11.1 Å². The van der Waals surface area contributed by atoms with Crippen molar-refractivity contribution in [1.82, 2.24) is 0 Å². The molecule has 0 fully saturated rings. The zero-order chi connectivity index (χ0) is 26.9. The maximum Gasteiger partial charge on any atom is 0.334 e. The van der Waals surface area contributed by atoms with Gasteiger partial charge >= 0.3 is 11.9 Å². The van der Waals surface area contributed by atoms with Crippen LogP contribution < -0.4 is 0 Å². The van der Waals surface area contributed by atoms with Gasteiger partial charge in [-0.15, -0.1) is 0 Å². The van der Waals surface area contributed by atoms with E-state index in [0.717, 1.165) is 38.5 Å². The fraction of sp³-hybridized carbons (Fsp3) is 0.875. The van der Waals surface area contributed by atoms with Crippen LogP contribution in [0.1, 0.15) is 163 Å². The van der Waals surface area contributed by atoms with Gasteiger partial charge in [0, 0.05) is 11.1 Å². The van der Waals surface area contributed by atoms with Crippen LogP contribution in [-0.4, -0.2) is 25.2 Å². The van der Waals surface area contributed by atoms with Crippen molar-refractivity contribution >= 4 is 11.9 Å². The van der Waals surface area contributed by atoms with E-state index in [1.54, 1.807) is 0 Å². The molecule has 4 heteroatoms. The number of ether oxygens (including phenoxy) is 2. The van der Waals surface area contributed by atoms with Crippen molar-refractivity contribution in [3.8, 4) is 0 Å². The molecule has 0 rings (SSSR count). The quantitative estimate of drug-likeness (QED) is 0.0699. The molecule has 0 aliphatic carbocycles. The molecule has 0 atom stereocenters. The monoisotopic (exact) mass is 508 g/mol. The van der Waals surface area contributed by atoms with Gasteiger partial charge in [0.2, 0.25) is 0 Å². The van der Waals surface area contributed by atoms with Gasteiger partial charge in [0.25, 0.3) is 0 Å². The highest BCUT2D eigenvalue weighted by Gasteiger charge is 2.24. The summed E-state index contributed by atoms with van der Waals surface area (Å²) in [5, 5.41) is 0. The van der Waals surface area contributed by atoms with Gasteiger partial charge in [-0.3, -0.25) is 0 Å². The summed E-state index contributed by atoms with van der Waals surface area (Å²) in [7, 11) is 0. The molecule has 0 unspecified atom stereocenters. The first kappa shape index (κ1) is 34.7. The van der Waals surface area contributed by atoms with Crippen LogP contribution in [-0.2, 0) is 19.1 Å². The first-order chi connectivity index (χ1) is 17.5. The number of rotatable bonds is 25. The minimum absolute atomic E-state index is 0.271. The van der Waals surface area contributed by atoms with E-state index in [4.69, 9.17) is 9.47 Å². The van der Waals surface area contributed by atoms with Gasteiger partial charge in [0.15, 0.2) is 0 Å². The number of carbonyl (C=O) groups is 2. The van der Waals surface area contributed by atoms with Crippen molar-refractivity contribution in [2.24, 2.45) is 5.92 Å². The Bertz CT molecular complexity index is 565. The molecule has 0 aromatic carbocycles. The number of unbranched alkanes of at least 4 members (excludes halogenated alkanes) is 15. The zero-order valence-electron chi connectivity index (χ0n) is 24.8. The summed E-state index contributed by atoms with van der Waals surface area (Å²) in [6.07, 6.45) is 21.9. The molecule has 0 aliphatic rings. The van der Waals surface area contributed by atoms with Crippen molar-refractivity contribution in [2.75, 3.05) is 13.2 Å². The second kappa shape index (κ2) is 25.3. The number of carbonyl (C=O) groups excluding carboxylic acids is 2. The predicted molar refractivity (Wildman–Crippen MR) is 153 cm³/mol. The lowest BCUT2D eigenvalue weighted by molar-refractivity contribution is -0.142. The molecule has 0 aliphatic heterocycles. The molecule has 0 bridgehead atoms. The molecule has 0 heterocycles. The van der Waals surface area contributed by atoms with Crippen LogP contribution in [0.5, 0.6) is 0 Å². The first-order valence-corrected chi connectivity index (χ1v) is 15.5. The van der Waals surface area contributed by atoms with E-state index in [9.17, 15) is 9.59 Å². The average Bonchev–Trinajstić information content (AvgIpc) is 2.85. The topological polar surface area (TPSA) is 52.6 Å². The predicted octanol–water partition coefficient (Wildman–Crippen LogP) is 9.89. The molecular formula is C32H60O4.